The van der Waals surface area contributed by atoms with Crippen molar-refractivity contribution in [3.63, 3.8) is 0 Å². The molecule has 4 rings (SSSR count). The van der Waals surface area contributed by atoms with Crippen LogP contribution in [0.4, 0.5) is 10.6 Å². The van der Waals surface area contributed by atoms with E-state index in [4.69, 9.17) is 15.2 Å². The second kappa shape index (κ2) is 9.30. The Hall–Kier alpha value is -3.87. The summed E-state index contributed by atoms with van der Waals surface area (Å²) in [6.45, 7) is 0.753. The first-order chi connectivity index (χ1) is 15.2. The van der Waals surface area contributed by atoms with Gasteiger partial charge in [-0.05, 0) is 34.8 Å². The third-order valence-corrected chi connectivity index (χ3v) is 5.19. The van der Waals surface area contributed by atoms with Crippen molar-refractivity contribution in [2.45, 2.75) is 12.3 Å². The Kier molecular flexibility index (Phi) is 6.12. The van der Waals surface area contributed by atoms with Crippen LogP contribution < -0.4 is 15.8 Å². The molecule has 0 radical (unpaired) electrons. The third kappa shape index (κ3) is 4.50. The molecule has 0 fully saturated rings. The maximum atomic E-state index is 12.2. The predicted octanol–water partition coefficient (Wildman–Crippen LogP) is 4.01. The first-order valence-electron chi connectivity index (χ1n) is 10.1. The fourth-order valence-electron chi connectivity index (χ4n) is 3.74. The summed E-state index contributed by atoms with van der Waals surface area (Å²) in [5.74, 6) is 0.590. The van der Waals surface area contributed by atoms with Gasteiger partial charge in [-0.15, -0.1) is 0 Å². The van der Waals surface area contributed by atoms with Crippen LogP contribution in [0.15, 0.2) is 60.8 Å². The molecule has 0 aliphatic heterocycles. The van der Waals surface area contributed by atoms with E-state index in [2.05, 4.69) is 39.6 Å². The average molecular weight is 416 g/mol. The Labute approximate surface area is 180 Å². The van der Waals surface area contributed by atoms with E-state index in [1.165, 1.54) is 29.4 Å². The summed E-state index contributed by atoms with van der Waals surface area (Å²) in [4.78, 5) is 20.4. The molecule has 158 valence electrons. The molecule has 7 heteroatoms. The topological polar surface area (TPSA) is 99.4 Å². The van der Waals surface area contributed by atoms with Crippen LogP contribution in [0.1, 0.15) is 29.2 Å². The second-order valence-corrected chi connectivity index (χ2v) is 7.13. The molecule has 2 aromatic carbocycles. The summed E-state index contributed by atoms with van der Waals surface area (Å²) in [5.41, 5.74) is 11.1. The zero-order valence-corrected chi connectivity index (χ0v) is 17.2. The second-order valence-electron chi connectivity index (χ2n) is 7.13. The SMILES string of the molecule is COc1nc(C=CCCNC(=O)OCC2c3ccccc3-c3ccccc32)cnc1N. The number of nitrogens with one attached hydrogen (secondary N) is 1. The summed E-state index contributed by atoms with van der Waals surface area (Å²) in [6.07, 6.45) is 5.45. The van der Waals surface area contributed by atoms with Crippen molar-refractivity contribution in [2.75, 3.05) is 26.0 Å². The van der Waals surface area contributed by atoms with Crippen LogP contribution in [0.2, 0.25) is 0 Å². The van der Waals surface area contributed by atoms with Crippen molar-refractivity contribution < 1.29 is 14.3 Å². The van der Waals surface area contributed by atoms with E-state index >= 15 is 0 Å². The number of alkyl carbamates (subject to hydrolysis) is 1. The molecular weight excluding hydrogens is 392 g/mol. The first kappa shape index (κ1) is 20.4. The fourth-order valence-corrected chi connectivity index (χ4v) is 3.74. The predicted molar refractivity (Wildman–Crippen MR) is 120 cm³/mol. The number of anilines is 1. The Morgan fingerprint density at radius 1 is 1.13 bits per heavy atom. The van der Waals surface area contributed by atoms with Gasteiger partial charge in [0, 0.05) is 12.5 Å². The van der Waals surface area contributed by atoms with Crippen LogP contribution in [-0.4, -0.2) is 36.3 Å². The largest absolute Gasteiger partial charge is 0.478 e. The van der Waals surface area contributed by atoms with E-state index in [1.807, 2.05) is 30.3 Å². The molecule has 0 unspecified atom stereocenters. The number of nitrogen functional groups attached to an aromatic ring is 1. The molecule has 3 aromatic rings. The molecular formula is C24H24N4O3. The molecule has 3 N–H and O–H groups in total. The van der Waals surface area contributed by atoms with Crippen molar-refractivity contribution in [3.8, 4) is 17.0 Å². The smallest absolute Gasteiger partial charge is 0.407 e. The monoisotopic (exact) mass is 416 g/mol. The van der Waals surface area contributed by atoms with Gasteiger partial charge in [-0.25, -0.2) is 14.8 Å². The maximum absolute atomic E-state index is 12.2. The molecule has 0 bridgehead atoms. The van der Waals surface area contributed by atoms with Gasteiger partial charge in [0.05, 0.1) is 19.0 Å². The standard InChI is InChI=1S/C24H24N4O3/c1-30-23-22(25)27-14-16(28-23)8-6-7-13-26-24(29)31-15-21-19-11-4-2-9-17(19)18-10-3-5-12-20(18)21/h2-6,8-12,14,21H,7,13,15H2,1H3,(H2,25,27)(H,26,29). The minimum absolute atomic E-state index is 0.0529. The zero-order chi connectivity index (χ0) is 21.6. The minimum atomic E-state index is -0.427. The van der Waals surface area contributed by atoms with E-state index in [9.17, 15) is 4.79 Å². The van der Waals surface area contributed by atoms with Gasteiger partial charge >= 0.3 is 6.09 Å². The molecule has 0 saturated carbocycles. The molecule has 1 aliphatic carbocycles. The number of hydrogen-bond acceptors (Lipinski definition) is 6. The number of amides is 1. The summed E-state index contributed by atoms with van der Waals surface area (Å²) >= 11 is 0. The quantitative estimate of drug-likeness (QED) is 0.565. The van der Waals surface area contributed by atoms with E-state index in [0.29, 0.717) is 31.1 Å². The molecule has 1 aromatic heterocycles. The van der Waals surface area contributed by atoms with Crippen LogP contribution in [0.5, 0.6) is 5.88 Å². The highest BCUT2D eigenvalue weighted by Gasteiger charge is 2.28. The molecule has 0 spiro atoms. The zero-order valence-electron chi connectivity index (χ0n) is 17.2. The maximum Gasteiger partial charge on any atom is 0.407 e. The number of carbonyl (C=O) groups is 1. The molecule has 1 amide bonds. The van der Waals surface area contributed by atoms with Crippen LogP contribution in [0, 0.1) is 0 Å². The molecule has 0 atom stereocenters. The molecule has 31 heavy (non-hydrogen) atoms. The Morgan fingerprint density at radius 3 is 2.48 bits per heavy atom. The van der Waals surface area contributed by atoms with E-state index in [-0.39, 0.29) is 11.7 Å². The van der Waals surface area contributed by atoms with Gasteiger partial charge in [0.2, 0.25) is 0 Å². The summed E-state index contributed by atoms with van der Waals surface area (Å²) in [5, 5.41) is 2.78. The lowest BCUT2D eigenvalue weighted by Crippen LogP contribution is -2.26. The molecule has 1 heterocycles. The molecule has 7 nitrogen and oxygen atoms in total. The Morgan fingerprint density at radius 2 is 1.81 bits per heavy atom. The number of nitrogens with two attached hydrogens (primary N) is 1. The number of benzene rings is 2. The van der Waals surface area contributed by atoms with Crippen molar-refractivity contribution >= 4 is 18.0 Å². The van der Waals surface area contributed by atoms with E-state index < -0.39 is 6.09 Å². The number of rotatable bonds is 7. The summed E-state index contributed by atoms with van der Waals surface area (Å²) in [7, 11) is 1.49. The van der Waals surface area contributed by atoms with E-state index in [0.717, 1.165) is 0 Å². The van der Waals surface area contributed by atoms with Crippen molar-refractivity contribution in [2.24, 2.45) is 0 Å². The number of nitrogens with zero attached hydrogens (tertiary/aromatic N) is 2. The van der Waals surface area contributed by atoms with Crippen LogP contribution in [0.3, 0.4) is 0 Å². The van der Waals surface area contributed by atoms with Crippen LogP contribution >= 0.6 is 0 Å². The van der Waals surface area contributed by atoms with Gasteiger partial charge in [-0.3, -0.25) is 0 Å². The lowest BCUT2D eigenvalue weighted by molar-refractivity contribution is 0.143. The number of hydrogen-bond donors (Lipinski definition) is 2. The fraction of sp³-hybridized carbons (Fsp3) is 0.208. The first-order valence-corrected chi connectivity index (χ1v) is 10.1. The third-order valence-electron chi connectivity index (χ3n) is 5.19. The highest BCUT2D eigenvalue weighted by molar-refractivity contribution is 5.79. The van der Waals surface area contributed by atoms with Gasteiger partial charge in [0.15, 0.2) is 5.82 Å². The molecule has 1 aliphatic rings. The summed E-state index contributed by atoms with van der Waals surface area (Å²) < 4.78 is 10.6. The van der Waals surface area contributed by atoms with Crippen LogP contribution in [0.25, 0.3) is 17.2 Å². The van der Waals surface area contributed by atoms with Gasteiger partial charge in [-0.1, -0.05) is 54.6 Å². The number of fused-ring (bicyclic) bond motifs is 3. The van der Waals surface area contributed by atoms with Crippen molar-refractivity contribution in [1.82, 2.24) is 15.3 Å². The normalized spacial score (nSPS) is 12.4. The number of methoxy groups -OCH3 is 1. The van der Waals surface area contributed by atoms with E-state index in [1.54, 1.807) is 12.3 Å². The minimum Gasteiger partial charge on any atom is -0.478 e. The highest BCUT2D eigenvalue weighted by atomic mass is 16.5. The lowest BCUT2D eigenvalue weighted by Gasteiger charge is -2.14. The van der Waals surface area contributed by atoms with Gasteiger partial charge in [-0.2, -0.15) is 0 Å². The van der Waals surface area contributed by atoms with Crippen molar-refractivity contribution in [1.29, 1.82) is 0 Å². The van der Waals surface area contributed by atoms with Gasteiger partial charge < -0.3 is 20.5 Å². The Bertz CT molecular complexity index is 1070. The Balaban J connectivity index is 1.27. The van der Waals surface area contributed by atoms with Gasteiger partial charge in [0.25, 0.3) is 5.88 Å². The van der Waals surface area contributed by atoms with Gasteiger partial charge in [0.1, 0.15) is 6.61 Å². The number of ether oxygens (including phenoxy) is 2. The molecule has 0 saturated heterocycles. The summed E-state index contributed by atoms with van der Waals surface area (Å²) in [6, 6.07) is 16.5. The number of carbonyl (C=O) groups excluding carboxylic acids is 1. The lowest BCUT2D eigenvalue weighted by atomic mass is 9.98. The van der Waals surface area contributed by atoms with Crippen molar-refractivity contribution in [3.05, 3.63) is 77.6 Å². The highest BCUT2D eigenvalue weighted by Crippen LogP contribution is 2.44. The number of aromatic nitrogens is 2. The van der Waals surface area contributed by atoms with Crippen LogP contribution in [-0.2, 0) is 4.74 Å². The average Bonchev–Trinajstić information content (AvgIpc) is 3.12.